The van der Waals surface area contributed by atoms with Gasteiger partial charge in [0.2, 0.25) is 5.91 Å². The first-order valence-corrected chi connectivity index (χ1v) is 10.9. The molecule has 0 spiro atoms. The smallest absolute Gasteiger partial charge is 0.250 e. The van der Waals surface area contributed by atoms with Gasteiger partial charge in [0.15, 0.2) is 5.11 Å². The molecule has 2 unspecified atom stereocenters. The molecule has 1 aromatic carbocycles. The highest BCUT2D eigenvalue weighted by Gasteiger charge is 2.41. The minimum atomic E-state index is -0.266. The maximum absolute atomic E-state index is 11.8. The van der Waals surface area contributed by atoms with Crippen LogP contribution in [0.2, 0.25) is 5.02 Å². The minimum absolute atomic E-state index is 0.0373. The predicted octanol–water partition coefficient (Wildman–Crippen LogP) is 4.56. The lowest BCUT2D eigenvalue weighted by atomic mass is 10.0. The Labute approximate surface area is 188 Å². The fourth-order valence-electron chi connectivity index (χ4n) is 3.45. The van der Waals surface area contributed by atoms with E-state index in [9.17, 15) is 4.79 Å². The summed E-state index contributed by atoms with van der Waals surface area (Å²) in [5, 5.41) is 9.22. The molecule has 3 heterocycles. The molecule has 0 saturated carbocycles. The Kier molecular flexibility index (Phi) is 6.29. The van der Waals surface area contributed by atoms with E-state index in [1.165, 1.54) is 7.11 Å². The standard InChI is InChI=1S/C21H19ClN4O2S2/c1-28-12-18(27)24-15-8-7-13(11-14(15)22)26-20(17-6-4-10-30-17)19(25-21(26)29)16-5-2-3-9-23-16/h2-11,19-20H,12H2,1H3,(H,24,27)(H,25,29). The Morgan fingerprint density at radius 3 is 2.87 bits per heavy atom. The predicted molar refractivity (Wildman–Crippen MR) is 124 cm³/mol. The van der Waals surface area contributed by atoms with Crippen molar-refractivity contribution >= 4 is 57.5 Å². The van der Waals surface area contributed by atoms with Gasteiger partial charge in [0, 0.05) is 23.9 Å². The quantitative estimate of drug-likeness (QED) is 0.528. The van der Waals surface area contributed by atoms with Gasteiger partial charge in [0.25, 0.3) is 0 Å². The number of nitrogens with zero attached hydrogens (tertiary/aromatic N) is 2. The molecule has 2 aromatic heterocycles. The fourth-order valence-corrected chi connectivity index (χ4v) is 4.87. The number of pyridine rings is 1. The van der Waals surface area contributed by atoms with Crippen LogP contribution in [0.5, 0.6) is 0 Å². The van der Waals surface area contributed by atoms with Crippen molar-refractivity contribution in [2.75, 3.05) is 23.9 Å². The Morgan fingerprint density at radius 1 is 1.33 bits per heavy atom. The van der Waals surface area contributed by atoms with Gasteiger partial charge >= 0.3 is 0 Å². The first-order chi connectivity index (χ1) is 14.6. The summed E-state index contributed by atoms with van der Waals surface area (Å²) in [6.07, 6.45) is 1.78. The van der Waals surface area contributed by atoms with Crippen molar-refractivity contribution in [1.29, 1.82) is 0 Å². The zero-order valence-corrected chi connectivity index (χ0v) is 18.4. The van der Waals surface area contributed by atoms with Crippen LogP contribution in [0.3, 0.4) is 0 Å². The summed E-state index contributed by atoms with van der Waals surface area (Å²) < 4.78 is 4.85. The van der Waals surface area contributed by atoms with Crippen LogP contribution >= 0.6 is 35.2 Å². The molecule has 1 aliphatic rings. The van der Waals surface area contributed by atoms with Gasteiger partial charge in [-0.05, 0) is 54.0 Å². The summed E-state index contributed by atoms with van der Waals surface area (Å²) >= 11 is 13.8. The topological polar surface area (TPSA) is 66.5 Å². The van der Waals surface area contributed by atoms with Crippen LogP contribution in [0.4, 0.5) is 11.4 Å². The van der Waals surface area contributed by atoms with E-state index in [1.54, 1.807) is 29.7 Å². The van der Waals surface area contributed by atoms with Crippen LogP contribution in [0.25, 0.3) is 0 Å². The van der Waals surface area contributed by atoms with Crippen molar-refractivity contribution in [2.45, 2.75) is 12.1 Å². The van der Waals surface area contributed by atoms with Crippen molar-refractivity contribution in [1.82, 2.24) is 10.3 Å². The maximum Gasteiger partial charge on any atom is 0.250 e. The highest BCUT2D eigenvalue weighted by Crippen LogP contribution is 2.43. The SMILES string of the molecule is COCC(=O)Nc1ccc(N2C(=S)NC(c3ccccn3)C2c2cccs2)cc1Cl. The molecule has 1 saturated heterocycles. The molecular formula is C21H19ClN4O2S2. The monoisotopic (exact) mass is 458 g/mol. The average Bonchev–Trinajstić information content (AvgIpc) is 3.38. The fraction of sp³-hybridized carbons (Fsp3) is 0.190. The highest BCUT2D eigenvalue weighted by atomic mass is 35.5. The Hall–Kier alpha value is -2.52. The number of hydrogen-bond acceptors (Lipinski definition) is 5. The molecule has 1 fully saturated rings. The summed E-state index contributed by atoms with van der Waals surface area (Å²) in [7, 11) is 1.47. The molecule has 0 bridgehead atoms. The van der Waals surface area contributed by atoms with Crippen molar-refractivity contribution in [3.63, 3.8) is 0 Å². The number of amides is 1. The van der Waals surface area contributed by atoms with Crippen molar-refractivity contribution < 1.29 is 9.53 Å². The minimum Gasteiger partial charge on any atom is -0.375 e. The molecule has 2 atom stereocenters. The zero-order chi connectivity index (χ0) is 21.1. The zero-order valence-electron chi connectivity index (χ0n) is 16.0. The van der Waals surface area contributed by atoms with Crippen molar-refractivity contribution in [3.8, 4) is 0 Å². The van der Waals surface area contributed by atoms with Crippen LogP contribution in [-0.4, -0.2) is 29.7 Å². The first kappa shape index (κ1) is 20.7. The maximum atomic E-state index is 11.8. The molecule has 0 radical (unpaired) electrons. The van der Waals surface area contributed by atoms with E-state index in [-0.39, 0.29) is 24.6 Å². The van der Waals surface area contributed by atoms with Crippen molar-refractivity contribution in [2.24, 2.45) is 0 Å². The number of nitrogens with one attached hydrogen (secondary N) is 2. The molecule has 9 heteroatoms. The molecule has 30 heavy (non-hydrogen) atoms. The van der Waals surface area contributed by atoms with E-state index in [1.807, 2.05) is 40.6 Å². The van der Waals surface area contributed by atoms with E-state index in [2.05, 4.69) is 21.7 Å². The lowest BCUT2D eigenvalue weighted by Gasteiger charge is -2.27. The van der Waals surface area contributed by atoms with Gasteiger partial charge in [-0.25, -0.2) is 0 Å². The van der Waals surface area contributed by atoms with E-state index < -0.39 is 0 Å². The number of carbonyl (C=O) groups excluding carboxylic acids is 1. The summed E-state index contributed by atoms with van der Waals surface area (Å²) in [4.78, 5) is 19.6. The lowest BCUT2D eigenvalue weighted by molar-refractivity contribution is -0.119. The number of benzene rings is 1. The van der Waals surface area contributed by atoms with Crippen LogP contribution in [0.1, 0.15) is 22.7 Å². The second kappa shape index (κ2) is 9.09. The third kappa shape index (κ3) is 4.17. The number of rotatable bonds is 6. The number of aromatic nitrogens is 1. The van der Waals surface area contributed by atoms with Gasteiger partial charge in [-0.2, -0.15) is 0 Å². The summed E-state index contributed by atoms with van der Waals surface area (Å²) in [6, 6.07) is 15.3. The summed E-state index contributed by atoms with van der Waals surface area (Å²) in [5.74, 6) is -0.266. The number of thiophene rings is 1. The lowest BCUT2D eigenvalue weighted by Crippen LogP contribution is -2.29. The van der Waals surface area contributed by atoms with Crippen molar-refractivity contribution in [3.05, 3.63) is 75.7 Å². The molecule has 1 aliphatic heterocycles. The molecule has 6 nitrogen and oxygen atoms in total. The Bertz CT molecular complexity index is 1050. The highest BCUT2D eigenvalue weighted by molar-refractivity contribution is 7.80. The molecule has 4 rings (SSSR count). The van der Waals surface area contributed by atoms with E-state index in [4.69, 9.17) is 28.6 Å². The largest absolute Gasteiger partial charge is 0.375 e. The molecule has 0 aliphatic carbocycles. The van der Waals surface area contributed by atoms with Gasteiger partial charge in [-0.3, -0.25) is 9.78 Å². The number of ether oxygens (including phenoxy) is 1. The summed E-state index contributed by atoms with van der Waals surface area (Å²) in [6.45, 7) is -0.0373. The van der Waals surface area contributed by atoms with Gasteiger partial charge in [0.05, 0.1) is 28.5 Å². The number of methoxy groups -OCH3 is 1. The Balaban J connectivity index is 1.69. The van der Waals surface area contributed by atoms with Crippen LogP contribution in [0, 0.1) is 0 Å². The van der Waals surface area contributed by atoms with E-state index in [0.29, 0.717) is 15.8 Å². The average molecular weight is 459 g/mol. The first-order valence-electron chi connectivity index (χ1n) is 9.21. The third-order valence-electron chi connectivity index (χ3n) is 4.71. The molecule has 154 valence electrons. The van der Waals surface area contributed by atoms with E-state index >= 15 is 0 Å². The van der Waals surface area contributed by atoms with Crippen LogP contribution in [-0.2, 0) is 9.53 Å². The van der Waals surface area contributed by atoms with Gasteiger partial charge < -0.3 is 20.3 Å². The normalized spacial score (nSPS) is 18.3. The molecule has 3 aromatic rings. The third-order valence-corrected chi connectivity index (χ3v) is 6.28. The molecular weight excluding hydrogens is 440 g/mol. The van der Waals surface area contributed by atoms with Gasteiger partial charge in [0.1, 0.15) is 6.61 Å². The van der Waals surface area contributed by atoms with E-state index in [0.717, 1.165) is 16.3 Å². The second-order valence-corrected chi connectivity index (χ2v) is 8.43. The van der Waals surface area contributed by atoms with Gasteiger partial charge in [-0.15, -0.1) is 11.3 Å². The number of thiocarbonyl (C=S) groups is 1. The number of halogens is 1. The number of hydrogen-bond donors (Lipinski definition) is 2. The summed E-state index contributed by atoms with van der Waals surface area (Å²) in [5.41, 5.74) is 2.27. The number of anilines is 2. The second-order valence-electron chi connectivity index (χ2n) is 6.66. The Morgan fingerprint density at radius 2 is 2.20 bits per heavy atom. The molecule has 1 amide bonds. The van der Waals surface area contributed by atoms with Crippen LogP contribution < -0.4 is 15.5 Å². The van der Waals surface area contributed by atoms with Crippen LogP contribution in [0.15, 0.2) is 60.1 Å². The number of carbonyl (C=O) groups is 1. The van der Waals surface area contributed by atoms with Gasteiger partial charge in [-0.1, -0.05) is 23.7 Å². The molecule has 2 N–H and O–H groups in total.